The fraction of sp³-hybridized carbons (Fsp3) is 0.462. The number of rotatable bonds is 5. The third kappa shape index (κ3) is 4.17. The Morgan fingerprint density at radius 3 is 2.41 bits per heavy atom. The van der Waals surface area contributed by atoms with Crippen molar-refractivity contribution in [1.29, 1.82) is 0 Å². The summed E-state index contributed by atoms with van der Waals surface area (Å²) in [6.07, 6.45) is 0. The van der Waals surface area contributed by atoms with Gasteiger partial charge in [-0.25, -0.2) is 0 Å². The van der Waals surface area contributed by atoms with Crippen LogP contribution >= 0.6 is 0 Å². The van der Waals surface area contributed by atoms with Gasteiger partial charge in [0.25, 0.3) is 5.91 Å². The number of hydrogen-bond acceptors (Lipinski definition) is 3. The van der Waals surface area contributed by atoms with E-state index in [-0.39, 0.29) is 11.9 Å². The minimum Gasteiger partial charge on any atom is -0.383 e. The van der Waals surface area contributed by atoms with E-state index in [4.69, 9.17) is 10.5 Å². The number of hydrogen-bond donors (Lipinski definition) is 2. The van der Waals surface area contributed by atoms with Crippen LogP contribution < -0.4 is 11.1 Å². The SMILES string of the molecule is COCC(CN)NC(=O)c1cc(C)cc(C)c1. The molecule has 4 nitrogen and oxygen atoms in total. The molecule has 0 heterocycles. The van der Waals surface area contributed by atoms with E-state index in [9.17, 15) is 4.79 Å². The van der Waals surface area contributed by atoms with E-state index < -0.39 is 0 Å². The van der Waals surface area contributed by atoms with E-state index in [1.807, 2.05) is 32.0 Å². The van der Waals surface area contributed by atoms with Gasteiger partial charge in [-0.15, -0.1) is 0 Å². The van der Waals surface area contributed by atoms with Gasteiger partial charge in [-0.1, -0.05) is 17.2 Å². The summed E-state index contributed by atoms with van der Waals surface area (Å²) in [7, 11) is 1.59. The van der Waals surface area contributed by atoms with Gasteiger partial charge < -0.3 is 15.8 Å². The van der Waals surface area contributed by atoms with Gasteiger partial charge in [-0.3, -0.25) is 4.79 Å². The normalized spacial score (nSPS) is 12.2. The topological polar surface area (TPSA) is 64.3 Å². The molecule has 1 unspecified atom stereocenters. The van der Waals surface area contributed by atoms with Crippen molar-refractivity contribution in [2.75, 3.05) is 20.3 Å². The molecule has 0 fully saturated rings. The summed E-state index contributed by atoms with van der Waals surface area (Å²) in [6.45, 7) is 4.73. The summed E-state index contributed by atoms with van der Waals surface area (Å²) < 4.78 is 4.98. The van der Waals surface area contributed by atoms with Crippen LogP contribution in [-0.4, -0.2) is 32.2 Å². The second-order valence-electron chi connectivity index (χ2n) is 4.24. The number of ether oxygens (including phenoxy) is 1. The second kappa shape index (κ2) is 6.37. The third-order valence-corrected chi connectivity index (χ3v) is 2.47. The van der Waals surface area contributed by atoms with E-state index in [2.05, 4.69) is 5.32 Å². The van der Waals surface area contributed by atoms with Gasteiger partial charge in [0.2, 0.25) is 0 Å². The predicted octanol–water partition coefficient (Wildman–Crippen LogP) is 1.01. The van der Waals surface area contributed by atoms with E-state index in [1.54, 1.807) is 7.11 Å². The monoisotopic (exact) mass is 236 g/mol. The Labute approximate surface area is 102 Å². The smallest absolute Gasteiger partial charge is 0.251 e. The summed E-state index contributed by atoms with van der Waals surface area (Å²) in [6, 6.07) is 5.62. The molecule has 0 aliphatic rings. The van der Waals surface area contributed by atoms with Crippen molar-refractivity contribution < 1.29 is 9.53 Å². The van der Waals surface area contributed by atoms with E-state index >= 15 is 0 Å². The Hall–Kier alpha value is -1.39. The lowest BCUT2D eigenvalue weighted by atomic mass is 10.1. The van der Waals surface area contributed by atoms with Crippen LogP contribution in [0.2, 0.25) is 0 Å². The van der Waals surface area contributed by atoms with Gasteiger partial charge in [0.15, 0.2) is 0 Å². The van der Waals surface area contributed by atoms with Gasteiger partial charge in [-0.05, 0) is 26.0 Å². The summed E-state index contributed by atoms with van der Waals surface area (Å²) >= 11 is 0. The highest BCUT2D eigenvalue weighted by atomic mass is 16.5. The van der Waals surface area contributed by atoms with Crippen molar-refractivity contribution in [3.63, 3.8) is 0 Å². The first-order valence-corrected chi connectivity index (χ1v) is 5.65. The first kappa shape index (κ1) is 13.7. The first-order chi connectivity index (χ1) is 8.06. The van der Waals surface area contributed by atoms with Crippen molar-refractivity contribution in [3.8, 4) is 0 Å². The zero-order valence-corrected chi connectivity index (χ0v) is 10.6. The minimum atomic E-state index is -0.145. The standard InChI is InChI=1S/C13H20N2O2/c1-9-4-10(2)6-11(5-9)13(16)15-12(7-14)8-17-3/h4-6,12H,7-8,14H2,1-3H3,(H,15,16). The lowest BCUT2D eigenvalue weighted by Crippen LogP contribution is -2.43. The van der Waals surface area contributed by atoms with Gasteiger partial charge in [0.05, 0.1) is 12.6 Å². The third-order valence-electron chi connectivity index (χ3n) is 2.47. The van der Waals surface area contributed by atoms with Crippen molar-refractivity contribution in [2.24, 2.45) is 5.73 Å². The molecule has 94 valence electrons. The van der Waals surface area contributed by atoms with Gasteiger partial charge in [0.1, 0.15) is 0 Å². The van der Waals surface area contributed by atoms with Crippen LogP contribution in [0.15, 0.2) is 18.2 Å². The molecule has 0 aliphatic carbocycles. The quantitative estimate of drug-likeness (QED) is 0.802. The molecule has 0 aliphatic heterocycles. The highest BCUT2D eigenvalue weighted by Gasteiger charge is 2.12. The molecule has 0 saturated carbocycles. The highest BCUT2D eigenvalue weighted by molar-refractivity contribution is 5.94. The largest absolute Gasteiger partial charge is 0.383 e. The number of carbonyl (C=O) groups is 1. The van der Waals surface area contributed by atoms with Gasteiger partial charge in [-0.2, -0.15) is 0 Å². The van der Waals surface area contributed by atoms with E-state index in [0.29, 0.717) is 18.7 Å². The molecule has 1 aromatic carbocycles. The highest BCUT2D eigenvalue weighted by Crippen LogP contribution is 2.08. The fourth-order valence-corrected chi connectivity index (χ4v) is 1.74. The number of benzene rings is 1. The number of nitrogens with one attached hydrogen (secondary N) is 1. The van der Waals surface area contributed by atoms with Crippen LogP contribution in [0.25, 0.3) is 0 Å². The molecule has 3 N–H and O–H groups in total. The zero-order chi connectivity index (χ0) is 12.8. The number of amides is 1. The van der Waals surface area contributed by atoms with Crippen LogP contribution in [0.5, 0.6) is 0 Å². The van der Waals surface area contributed by atoms with Gasteiger partial charge >= 0.3 is 0 Å². The molecule has 1 atom stereocenters. The average Bonchev–Trinajstić information content (AvgIpc) is 2.27. The number of nitrogens with two attached hydrogens (primary N) is 1. The summed E-state index contributed by atoms with van der Waals surface area (Å²) in [5.74, 6) is -0.107. The molecular formula is C13H20N2O2. The van der Waals surface area contributed by atoms with Crippen LogP contribution in [0.4, 0.5) is 0 Å². The molecule has 1 aromatic rings. The van der Waals surface area contributed by atoms with Crippen LogP contribution in [0, 0.1) is 13.8 Å². The maximum Gasteiger partial charge on any atom is 0.251 e. The maximum absolute atomic E-state index is 12.0. The predicted molar refractivity (Wildman–Crippen MR) is 68.1 cm³/mol. The molecular weight excluding hydrogens is 216 g/mol. The van der Waals surface area contributed by atoms with E-state index in [1.165, 1.54) is 0 Å². The Morgan fingerprint density at radius 1 is 1.35 bits per heavy atom. The Kier molecular flexibility index (Phi) is 5.12. The van der Waals surface area contributed by atoms with Gasteiger partial charge in [0, 0.05) is 19.2 Å². The summed E-state index contributed by atoms with van der Waals surface area (Å²) in [5.41, 5.74) is 8.36. The maximum atomic E-state index is 12.0. The second-order valence-corrected chi connectivity index (χ2v) is 4.24. The molecule has 0 aromatic heterocycles. The molecule has 1 rings (SSSR count). The number of methoxy groups -OCH3 is 1. The Morgan fingerprint density at radius 2 is 1.94 bits per heavy atom. The van der Waals surface area contributed by atoms with Crippen molar-refractivity contribution in [2.45, 2.75) is 19.9 Å². The molecule has 1 amide bonds. The Bertz CT molecular complexity index is 371. The van der Waals surface area contributed by atoms with Crippen LogP contribution in [0.1, 0.15) is 21.5 Å². The molecule has 0 radical (unpaired) electrons. The summed E-state index contributed by atoms with van der Waals surface area (Å²) in [4.78, 5) is 12.0. The Balaban J connectivity index is 2.75. The van der Waals surface area contributed by atoms with Crippen molar-refractivity contribution in [1.82, 2.24) is 5.32 Å². The average molecular weight is 236 g/mol. The zero-order valence-electron chi connectivity index (χ0n) is 10.6. The molecule has 17 heavy (non-hydrogen) atoms. The molecule has 0 spiro atoms. The lowest BCUT2D eigenvalue weighted by Gasteiger charge is -2.16. The van der Waals surface area contributed by atoms with Crippen LogP contribution in [-0.2, 0) is 4.74 Å². The van der Waals surface area contributed by atoms with Crippen LogP contribution in [0.3, 0.4) is 0 Å². The summed E-state index contributed by atoms with van der Waals surface area (Å²) in [5, 5.41) is 2.85. The fourth-order valence-electron chi connectivity index (χ4n) is 1.74. The molecule has 4 heteroatoms. The number of aryl methyl sites for hydroxylation is 2. The van der Waals surface area contributed by atoms with E-state index in [0.717, 1.165) is 11.1 Å². The number of carbonyl (C=O) groups excluding carboxylic acids is 1. The lowest BCUT2D eigenvalue weighted by molar-refractivity contribution is 0.0900. The van der Waals surface area contributed by atoms with Crippen molar-refractivity contribution >= 4 is 5.91 Å². The molecule has 0 bridgehead atoms. The first-order valence-electron chi connectivity index (χ1n) is 5.65. The van der Waals surface area contributed by atoms with Crippen molar-refractivity contribution in [3.05, 3.63) is 34.9 Å². The molecule has 0 saturated heterocycles. The minimum absolute atomic E-state index is 0.107.